The summed E-state index contributed by atoms with van der Waals surface area (Å²) in [6.07, 6.45) is 0.323. The number of anilines is 1. The van der Waals surface area contributed by atoms with Gasteiger partial charge in [0.05, 0.1) is 6.61 Å². The van der Waals surface area contributed by atoms with Crippen LogP contribution < -0.4 is 10.6 Å². The number of hydrogen-bond acceptors (Lipinski definition) is 3. The second kappa shape index (κ2) is 6.73. The average Bonchev–Trinajstić information content (AvgIpc) is 2.56. The molecule has 1 unspecified atom stereocenters. The van der Waals surface area contributed by atoms with Gasteiger partial charge in [-0.1, -0.05) is 42.5 Å². The number of benzene rings is 2. The summed E-state index contributed by atoms with van der Waals surface area (Å²) in [5, 5.41) is 6.11. The summed E-state index contributed by atoms with van der Waals surface area (Å²) in [6.45, 7) is 1.28. The van der Waals surface area contributed by atoms with Crippen molar-refractivity contribution >= 4 is 11.6 Å². The third-order valence-electron chi connectivity index (χ3n) is 3.87. The molecule has 1 aliphatic heterocycles. The van der Waals surface area contributed by atoms with Crippen LogP contribution in [0.2, 0.25) is 0 Å². The minimum absolute atomic E-state index is 0.115. The first-order chi connectivity index (χ1) is 10.8. The molecule has 2 aromatic rings. The summed E-state index contributed by atoms with van der Waals surface area (Å²) >= 11 is 0. The van der Waals surface area contributed by atoms with Crippen molar-refractivity contribution in [2.75, 3.05) is 19.0 Å². The Hall–Kier alpha value is -2.17. The largest absolute Gasteiger partial charge is 0.363 e. The maximum Gasteiger partial charge on any atom is 0.258 e. The third kappa shape index (κ3) is 3.03. The van der Waals surface area contributed by atoms with E-state index in [1.54, 1.807) is 0 Å². The van der Waals surface area contributed by atoms with E-state index in [0.29, 0.717) is 13.2 Å². The summed E-state index contributed by atoms with van der Waals surface area (Å²) < 4.78 is 5.71. The van der Waals surface area contributed by atoms with Crippen molar-refractivity contribution < 1.29 is 9.53 Å². The third-order valence-corrected chi connectivity index (χ3v) is 3.87. The first-order valence-electron chi connectivity index (χ1n) is 7.52. The van der Waals surface area contributed by atoms with E-state index in [9.17, 15) is 4.79 Å². The van der Waals surface area contributed by atoms with Crippen molar-refractivity contribution in [3.05, 3.63) is 65.2 Å². The molecular formula is C18H20N2O2. The minimum Gasteiger partial charge on any atom is -0.363 e. The lowest BCUT2D eigenvalue weighted by molar-refractivity contribution is -0.128. The van der Waals surface area contributed by atoms with Gasteiger partial charge < -0.3 is 15.4 Å². The fourth-order valence-electron chi connectivity index (χ4n) is 2.80. The quantitative estimate of drug-likeness (QED) is 0.912. The predicted octanol–water partition coefficient (Wildman–Crippen LogP) is 2.66. The summed E-state index contributed by atoms with van der Waals surface area (Å²) in [5.41, 5.74) is 4.05. The van der Waals surface area contributed by atoms with Crippen molar-refractivity contribution in [2.24, 2.45) is 0 Å². The molecular weight excluding hydrogens is 276 g/mol. The van der Waals surface area contributed by atoms with Crippen LogP contribution in [0.3, 0.4) is 0 Å². The molecule has 114 valence electrons. The van der Waals surface area contributed by atoms with Crippen LogP contribution in [-0.4, -0.2) is 19.6 Å². The SMILES string of the molecule is CNCc1ccccc1NC(=O)C1OCCc2ccccc21. The zero-order chi connectivity index (χ0) is 15.4. The van der Waals surface area contributed by atoms with Crippen molar-refractivity contribution in [3.8, 4) is 0 Å². The first-order valence-corrected chi connectivity index (χ1v) is 7.52. The van der Waals surface area contributed by atoms with Crippen LogP contribution in [0, 0.1) is 0 Å². The summed E-state index contributed by atoms with van der Waals surface area (Å²) in [7, 11) is 1.89. The molecule has 22 heavy (non-hydrogen) atoms. The average molecular weight is 296 g/mol. The Labute approximate surface area is 130 Å². The zero-order valence-corrected chi connectivity index (χ0v) is 12.6. The molecule has 1 atom stereocenters. The predicted molar refractivity (Wildman–Crippen MR) is 86.7 cm³/mol. The van der Waals surface area contributed by atoms with Gasteiger partial charge in [-0.15, -0.1) is 0 Å². The molecule has 4 nitrogen and oxygen atoms in total. The molecule has 0 bridgehead atoms. The van der Waals surface area contributed by atoms with Gasteiger partial charge in [0.25, 0.3) is 5.91 Å². The molecule has 0 saturated heterocycles. The number of rotatable bonds is 4. The van der Waals surface area contributed by atoms with Gasteiger partial charge in [0.2, 0.25) is 0 Å². The van der Waals surface area contributed by atoms with E-state index in [4.69, 9.17) is 4.74 Å². The number of carbonyl (C=O) groups is 1. The standard InChI is InChI=1S/C18H20N2O2/c1-19-12-14-7-3-5-9-16(14)20-18(21)17-15-8-4-2-6-13(15)10-11-22-17/h2-9,17,19H,10-12H2,1H3,(H,20,21). The second-order valence-corrected chi connectivity index (χ2v) is 5.38. The molecule has 0 aromatic heterocycles. The molecule has 3 rings (SSSR count). The molecule has 0 aliphatic carbocycles. The van der Waals surface area contributed by atoms with Crippen LogP contribution >= 0.6 is 0 Å². The van der Waals surface area contributed by atoms with Crippen LogP contribution in [0.5, 0.6) is 0 Å². The Morgan fingerprint density at radius 2 is 1.95 bits per heavy atom. The van der Waals surface area contributed by atoms with Gasteiger partial charge in [-0.3, -0.25) is 4.79 Å². The second-order valence-electron chi connectivity index (χ2n) is 5.38. The first kappa shape index (κ1) is 14.8. The van der Waals surface area contributed by atoms with Crippen LogP contribution in [0.1, 0.15) is 22.8 Å². The van der Waals surface area contributed by atoms with Gasteiger partial charge in [0.1, 0.15) is 0 Å². The van der Waals surface area contributed by atoms with Crippen LogP contribution in [-0.2, 0) is 22.5 Å². The van der Waals surface area contributed by atoms with Gasteiger partial charge in [0, 0.05) is 12.2 Å². The van der Waals surface area contributed by atoms with Gasteiger partial charge >= 0.3 is 0 Å². The van der Waals surface area contributed by atoms with E-state index in [1.807, 2.05) is 49.5 Å². The zero-order valence-electron chi connectivity index (χ0n) is 12.6. The number of carbonyl (C=O) groups excluding carboxylic acids is 1. The monoisotopic (exact) mass is 296 g/mol. The molecule has 0 saturated carbocycles. The highest BCUT2D eigenvalue weighted by molar-refractivity contribution is 5.95. The van der Waals surface area contributed by atoms with E-state index >= 15 is 0 Å². The number of para-hydroxylation sites is 1. The minimum atomic E-state index is -0.535. The highest BCUT2D eigenvalue weighted by Crippen LogP contribution is 2.28. The van der Waals surface area contributed by atoms with Gasteiger partial charge in [-0.2, -0.15) is 0 Å². The Kier molecular flexibility index (Phi) is 4.51. The fourth-order valence-corrected chi connectivity index (χ4v) is 2.80. The van der Waals surface area contributed by atoms with Crippen molar-refractivity contribution in [2.45, 2.75) is 19.1 Å². The van der Waals surface area contributed by atoms with E-state index in [0.717, 1.165) is 23.2 Å². The van der Waals surface area contributed by atoms with Gasteiger partial charge in [-0.25, -0.2) is 0 Å². The molecule has 1 amide bonds. The highest BCUT2D eigenvalue weighted by atomic mass is 16.5. The maximum atomic E-state index is 12.6. The van der Waals surface area contributed by atoms with E-state index < -0.39 is 6.10 Å². The lowest BCUT2D eigenvalue weighted by Gasteiger charge is -2.25. The number of fused-ring (bicyclic) bond motifs is 1. The van der Waals surface area contributed by atoms with E-state index in [-0.39, 0.29) is 5.91 Å². The number of ether oxygens (including phenoxy) is 1. The number of hydrogen-bond donors (Lipinski definition) is 2. The Morgan fingerprint density at radius 3 is 2.82 bits per heavy atom. The molecule has 2 aromatic carbocycles. The van der Waals surface area contributed by atoms with Crippen molar-refractivity contribution in [3.63, 3.8) is 0 Å². The van der Waals surface area contributed by atoms with Crippen LogP contribution in [0.4, 0.5) is 5.69 Å². The lowest BCUT2D eigenvalue weighted by atomic mass is 9.97. The molecule has 1 heterocycles. The molecule has 0 radical (unpaired) electrons. The van der Waals surface area contributed by atoms with E-state index in [1.165, 1.54) is 5.56 Å². The van der Waals surface area contributed by atoms with Crippen LogP contribution in [0.15, 0.2) is 48.5 Å². The summed E-state index contributed by atoms with van der Waals surface area (Å²) in [5.74, 6) is -0.115. The summed E-state index contributed by atoms with van der Waals surface area (Å²) in [4.78, 5) is 12.6. The fraction of sp³-hybridized carbons (Fsp3) is 0.278. The molecule has 2 N–H and O–H groups in total. The van der Waals surface area contributed by atoms with Crippen LogP contribution in [0.25, 0.3) is 0 Å². The van der Waals surface area contributed by atoms with Gasteiger partial charge in [-0.05, 0) is 36.2 Å². The topological polar surface area (TPSA) is 50.4 Å². The van der Waals surface area contributed by atoms with Crippen molar-refractivity contribution in [1.29, 1.82) is 0 Å². The lowest BCUT2D eigenvalue weighted by Crippen LogP contribution is -2.28. The van der Waals surface area contributed by atoms with Gasteiger partial charge in [0.15, 0.2) is 6.10 Å². The number of nitrogens with one attached hydrogen (secondary N) is 2. The smallest absolute Gasteiger partial charge is 0.258 e. The van der Waals surface area contributed by atoms with E-state index in [2.05, 4.69) is 16.7 Å². The highest BCUT2D eigenvalue weighted by Gasteiger charge is 2.27. The summed E-state index contributed by atoms with van der Waals surface area (Å²) in [6, 6.07) is 15.8. The Balaban J connectivity index is 1.81. The maximum absolute atomic E-state index is 12.6. The normalized spacial score (nSPS) is 16.9. The molecule has 4 heteroatoms. The Bertz CT molecular complexity index is 670. The van der Waals surface area contributed by atoms with Crippen molar-refractivity contribution in [1.82, 2.24) is 5.32 Å². The molecule has 0 fully saturated rings. The molecule has 0 spiro atoms. The Morgan fingerprint density at radius 1 is 1.18 bits per heavy atom. The molecule has 1 aliphatic rings. The number of amides is 1.